The summed E-state index contributed by atoms with van der Waals surface area (Å²) in [6.07, 6.45) is 0. The van der Waals surface area contributed by atoms with E-state index in [0.717, 1.165) is 11.6 Å². The predicted molar refractivity (Wildman–Crippen MR) is 40.7 cm³/mol. The van der Waals surface area contributed by atoms with Gasteiger partial charge in [0.2, 0.25) is 0 Å². The molecule has 1 atom stereocenters. The molecule has 0 amide bonds. The lowest BCUT2D eigenvalue weighted by molar-refractivity contribution is -0.0461. The van der Waals surface area contributed by atoms with Crippen molar-refractivity contribution in [1.82, 2.24) is 4.72 Å². The fourth-order valence-electron chi connectivity index (χ4n) is 0.388. The van der Waals surface area contributed by atoms with Gasteiger partial charge in [0.25, 0.3) is 0 Å². The van der Waals surface area contributed by atoms with Crippen LogP contribution >= 0.6 is 0 Å². The van der Waals surface area contributed by atoms with Crippen molar-refractivity contribution in [3.8, 4) is 0 Å². The fourth-order valence-corrected chi connectivity index (χ4v) is 1.05. The van der Waals surface area contributed by atoms with Crippen LogP contribution < -0.4 is 4.72 Å². The predicted octanol–water partition coefficient (Wildman–Crippen LogP) is -0.831. The molecule has 1 unspecified atom stereocenters. The second kappa shape index (κ2) is 4.01. The van der Waals surface area contributed by atoms with Crippen LogP contribution in [0.15, 0.2) is 0 Å². The largest absolute Gasteiger partial charge is 0.511 e. The quantitative estimate of drug-likeness (QED) is 0.595. The summed E-state index contributed by atoms with van der Waals surface area (Å²) in [5, 5.41) is 17.4. The molecule has 3 N–H and O–H groups in total. The summed E-state index contributed by atoms with van der Waals surface area (Å²) in [5.41, 5.74) is -7.34. The zero-order chi connectivity index (χ0) is 11.6. The maximum Gasteiger partial charge on any atom is 0.511 e. The highest BCUT2D eigenvalue weighted by Gasteiger charge is 2.46. The topological polar surface area (TPSA) is 86.6 Å². The zero-order valence-corrected chi connectivity index (χ0v) is 7.98. The highest BCUT2D eigenvalue weighted by molar-refractivity contribution is 7.90. The minimum atomic E-state index is -5.46. The molecule has 0 aliphatic carbocycles. The lowest BCUT2D eigenvalue weighted by atomic mass is 10.1. The van der Waals surface area contributed by atoms with Crippen LogP contribution in [-0.4, -0.2) is 42.9 Å². The van der Waals surface area contributed by atoms with Crippen molar-refractivity contribution in [3.63, 3.8) is 0 Å². The highest BCUT2D eigenvalue weighted by Crippen LogP contribution is 2.21. The Bertz CT molecular complexity index is 284. The second-order valence-corrected chi connectivity index (χ2v) is 4.68. The van der Waals surface area contributed by atoms with Crippen molar-refractivity contribution < 1.29 is 31.8 Å². The zero-order valence-electron chi connectivity index (χ0n) is 7.17. The minimum absolute atomic E-state index is 0.854. The standard InChI is InChI=1S/C5H10F3NO4S/c1-4(11,3-10)2-9-14(12,13)5(6,7)8/h9-11H,2-3H2,1H3. The van der Waals surface area contributed by atoms with Crippen molar-refractivity contribution in [3.05, 3.63) is 0 Å². The van der Waals surface area contributed by atoms with Crippen LogP contribution in [0.2, 0.25) is 0 Å². The van der Waals surface area contributed by atoms with Gasteiger partial charge in [0.1, 0.15) is 0 Å². The van der Waals surface area contributed by atoms with E-state index in [1.807, 2.05) is 0 Å². The molecule has 0 rings (SSSR count). The highest BCUT2D eigenvalue weighted by atomic mass is 32.2. The molecule has 0 radical (unpaired) electrons. The molecular weight excluding hydrogens is 227 g/mol. The van der Waals surface area contributed by atoms with E-state index < -0.39 is 34.3 Å². The van der Waals surface area contributed by atoms with Crippen LogP contribution in [0.4, 0.5) is 13.2 Å². The number of rotatable bonds is 4. The number of hydrogen-bond donors (Lipinski definition) is 3. The summed E-state index contributed by atoms with van der Waals surface area (Å²) < 4.78 is 57.1. The summed E-state index contributed by atoms with van der Waals surface area (Å²) in [7, 11) is -5.46. The van der Waals surface area contributed by atoms with E-state index in [-0.39, 0.29) is 0 Å². The molecule has 0 heterocycles. The van der Waals surface area contributed by atoms with Crippen LogP contribution in [0.25, 0.3) is 0 Å². The van der Waals surface area contributed by atoms with Gasteiger partial charge in [0.15, 0.2) is 0 Å². The van der Waals surface area contributed by atoms with E-state index in [4.69, 9.17) is 10.2 Å². The molecule has 0 spiro atoms. The number of alkyl halides is 3. The molecule has 0 bridgehead atoms. The summed E-state index contributed by atoms with van der Waals surface area (Å²) >= 11 is 0. The lowest BCUT2D eigenvalue weighted by Crippen LogP contribution is -2.46. The Balaban J connectivity index is 4.43. The Kier molecular flexibility index (Phi) is 3.90. The number of hydrogen-bond acceptors (Lipinski definition) is 4. The Morgan fingerprint density at radius 3 is 2.07 bits per heavy atom. The third-order valence-corrected chi connectivity index (χ3v) is 2.42. The molecule has 0 saturated heterocycles. The lowest BCUT2D eigenvalue weighted by Gasteiger charge is -2.20. The van der Waals surface area contributed by atoms with E-state index in [1.54, 1.807) is 0 Å². The van der Waals surface area contributed by atoms with Crippen LogP contribution in [0.5, 0.6) is 0 Å². The summed E-state index contributed by atoms with van der Waals surface area (Å²) in [6.45, 7) is -0.773. The monoisotopic (exact) mass is 237 g/mol. The molecule has 9 heteroatoms. The molecule has 0 aliphatic rings. The SMILES string of the molecule is CC(O)(CO)CNS(=O)(=O)C(F)(F)F. The van der Waals surface area contributed by atoms with Gasteiger partial charge in [-0.05, 0) is 6.92 Å². The molecule has 0 aliphatic heterocycles. The molecule has 0 aromatic carbocycles. The molecule has 0 saturated carbocycles. The Hall–Kier alpha value is -0.380. The molecular formula is C5H10F3NO4S. The fraction of sp³-hybridized carbons (Fsp3) is 1.00. The molecule has 86 valence electrons. The van der Waals surface area contributed by atoms with Gasteiger partial charge in [-0.2, -0.15) is 13.2 Å². The van der Waals surface area contributed by atoms with Gasteiger partial charge in [0, 0.05) is 6.54 Å². The number of aliphatic hydroxyl groups is 2. The summed E-state index contributed by atoms with van der Waals surface area (Å²) in [5.74, 6) is 0. The van der Waals surface area contributed by atoms with E-state index >= 15 is 0 Å². The number of aliphatic hydroxyl groups excluding tert-OH is 1. The van der Waals surface area contributed by atoms with Crippen molar-refractivity contribution in [2.24, 2.45) is 0 Å². The Morgan fingerprint density at radius 2 is 1.79 bits per heavy atom. The van der Waals surface area contributed by atoms with Gasteiger partial charge in [-0.25, -0.2) is 13.1 Å². The first-order valence-electron chi connectivity index (χ1n) is 3.41. The Labute approximate surface area is 78.6 Å². The van der Waals surface area contributed by atoms with Crippen LogP contribution in [0.3, 0.4) is 0 Å². The summed E-state index contributed by atoms with van der Waals surface area (Å²) in [6, 6.07) is 0. The van der Waals surface area contributed by atoms with Crippen LogP contribution in [-0.2, 0) is 10.0 Å². The first-order valence-corrected chi connectivity index (χ1v) is 4.89. The average Bonchev–Trinajstić information content (AvgIpc) is 1.99. The van der Waals surface area contributed by atoms with Crippen molar-refractivity contribution in [1.29, 1.82) is 0 Å². The van der Waals surface area contributed by atoms with Gasteiger partial charge in [-0.15, -0.1) is 0 Å². The molecule has 0 fully saturated rings. The van der Waals surface area contributed by atoms with E-state index in [1.165, 1.54) is 0 Å². The molecule has 0 aromatic heterocycles. The number of halogens is 3. The average molecular weight is 237 g/mol. The van der Waals surface area contributed by atoms with Gasteiger partial charge in [0.05, 0.1) is 12.2 Å². The maximum atomic E-state index is 11.7. The number of sulfonamides is 1. The molecule has 0 aromatic rings. The second-order valence-electron chi connectivity index (χ2n) is 2.93. The third kappa shape index (κ3) is 3.78. The van der Waals surface area contributed by atoms with Gasteiger partial charge >= 0.3 is 15.5 Å². The maximum absolute atomic E-state index is 11.7. The third-order valence-electron chi connectivity index (χ3n) is 1.29. The molecule has 14 heavy (non-hydrogen) atoms. The smallest absolute Gasteiger partial charge is 0.393 e. The first kappa shape index (κ1) is 13.6. The van der Waals surface area contributed by atoms with Gasteiger partial charge in [-0.3, -0.25) is 0 Å². The Morgan fingerprint density at radius 1 is 1.36 bits per heavy atom. The minimum Gasteiger partial charge on any atom is -0.393 e. The number of nitrogens with one attached hydrogen (secondary N) is 1. The van der Waals surface area contributed by atoms with E-state index in [2.05, 4.69) is 0 Å². The van der Waals surface area contributed by atoms with Crippen LogP contribution in [0.1, 0.15) is 6.92 Å². The van der Waals surface area contributed by atoms with Crippen molar-refractivity contribution >= 4 is 10.0 Å². The molecule has 5 nitrogen and oxygen atoms in total. The van der Waals surface area contributed by atoms with Crippen molar-refractivity contribution in [2.45, 2.75) is 18.0 Å². The van der Waals surface area contributed by atoms with E-state index in [9.17, 15) is 21.6 Å². The van der Waals surface area contributed by atoms with E-state index in [0.29, 0.717) is 0 Å². The first-order chi connectivity index (χ1) is 6.02. The van der Waals surface area contributed by atoms with Gasteiger partial charge in [-0.1, -0.05) is 0 Å². The summed E-state index contributed by atoms with van der Waals surface area (Å²) in [4.78, 5) is 0. The van der Waals surface area contributed by atoms with Crippen molar-refractivity contribution in [2.75, 3.05) is 13.2 Å². The van der Waals surface area contributed by atoms with Crippen LogP contribution in [0, 0.1) is 0 Å². The normalized spacial score (nSPS) is 17.9. The van der Waals surface area contributed by atoms with Gasteiger partial charge < -0.3 is 10.2 Å².